The Kier molecular flexibility index (Phi) is 8.55. The Balaban J connectivity index is 1.36. The van der Waals surface area contributed by atoms with Crippen LogP contribution in [0.15, 0.2) is 60.8 Å². The highest BCUT2D eigenvalue weighted by molar-refractivity contribution is 5.98. The fourth-order valence-electron chi connectivity index (χ4n) is 4.37. The van der Waals surface area contributed by atoms with Gasteiger partial charge in [0.2, 0.25) is 0 Å². The number of rotatable bonds is 11. The quantitative estimate of drug-likeness (QED) is 0.186. The van der Waals surface area contributed by atoms with E-state index < -0.39 is 6.10 Å². The number of fused-ring (bicyclic) bond motifs is 1. The standard InChI is InChI=1S/C29H34N4O4/c1-3-23(31-16-28(36)20-7-9-27(35)22(13-20)17-34)12-19-6-8-24-21(11-19)14-25(33-24)29(37)32-15-26-18(2)5-4-10-30-26/h4-11,13-14,23,28,31,33-36H,3,12,15-17H2,1-2H3,(H,32,37)/t23-,28+/m1/s1. The lowest BCUT2D eigenvalue weighted by molar-refractivity contribution is 0.0946. The van der Waals surface area contributed by atoms with Crippen molar-refractivity contribution in [2.24, 2.45) is 0 Å². The minimum atomic E-state index is -0.761. The van der Waals surface area contributed by atoms with Crippen LogP contribution >= 0.6 is 0 Å². The number of phenols is 1. The van der Waals surface area contributed by atoms with Crippen molar-refractivity contribution in [1.82, 2.24) is 20.6 Å². The van der Waals surface area contributed by atoms with E-state index in [4.69, 9.17) is 0 Å². The molecular formula is C29H34N4O4. The molecule has 0 radical (unpaired) electrons. The average molecular weight is 503 g/mol. The second kappa shape index (κ2) is 12.0. The molecule has 8 nitrogen and oxygen atoms in total. The van der Waals surface area contributed by atoms with Crippen molar-refractivity contribution in [2.75, 3.05) is 6.54 Å². The first-order valence-electron chi connectivity index (χ1n) is 12.5. The third-order valence-electron chi connectivity index (χ3n) is 6.70. The first kappa shape index (κ1) is 26.3. The van der Waals surface area contributed by atoms with E-state index in [2.05, 4.69) is 33.6 Å². The molecule has 6 N–H and O–H groups in total. The molecule has 194 valence electrons. The molecule has 2 aromatic carbocycles. The zero-order valence-corrected chi connectivity index (χ0v) is 21.2. The number of nitrogens with one attached hydrogen (secondary N) is 3. The molecule has 4 aromatic rings. The van der Waals surface area contributed by atoms with Gasteiger partial charge < -0.3 is 30.9 Å². The number of aromatic nitrogens is 2. The first-order chi connectivity index (χ1) is 17.9. The number of amides is 1. The molecule has 0 bridgehead atoms. The van der Waals surface area contributed by atoms with Gasteiger partial charge in [-0.3, -0.25) is 9.78 Å². The van der Waals surface area contributed by atoms with E-state index in [-0.39, 0.29) is 24.3 Å². The summed E-state index contributed by atoms with van der Waals surface area (Å²) in [5.74, 6) is -0.162. The molecule has 0 saturated heterocycles. The van der Waals surface area contributed by atoms with Crippen LogP contribution in [0.1, 0.15) is 57.9 Å². The number of pyridine rings is 1. The fraction of sp³-hybridized carbons (Fsp3) is 0.310. The Labute approximate surface area is 216 Å². The molecule has 0 aliphatic heterocycles. The van der Waals surface area contributed by atoms with Crippen LogP contribution in [0.3, 0.4) is 0 Å². The van der Waals surface area contributed by atoms with Crippen LogP contribution in [0.5, 0.6) is 5.75 Å². The maximum atomic E-state index is 12.7. The van der Waals surface area contributed by atoms with Gasteiger partial charge in [0.25, 0.3) is 5.91 Å². The smallest absolute Gasteiger partial charge is 0.268 e. The molecule has 8 heteroatoms. The number of hydrogen-bond donors (Lipinski definition) is 6. The Morgan fingerprint density at radius 3 is 2.73 bits per heavy atom. The molecule has 1 amide bonds. The number of H-pyrrole nitrogens is 1. The van der Waals surface area contributed by atoms with Gasteiger partial charge in [-0.25, -0.2) is 0 Å². The number of aliphatic hydroxyl groups is 2. The lowest BCUT2D eigenvalue weighted by Gasteiger charge is -2.20. The minimum Gasteiger partial charge on any atom is -0.508 e. The summed E-state index contributed by atoms with van der Waals surface area (Å²) in [5, 5.41) is 37.0. The summed E-state index contributed by atoms with van der Waals surface area (Å²) in [5.41, 5.74) is 5.44. The molecular weight excluding hydrogens is 468 g/mol. The summed E-state index contributed by atoms with van der Waals surface area (Å²) in [4.78, 5) is 20.2. The Hall–Kier alpha value is -3.72. The third-order valence-corrected chi connectivity index (χ3v) is 6.70. The number of aliphatic hydroxyl groups excluding tert-OH is 2. The van der Waals surface area contributed by atoms with Crippen LogP contribution in [0, 0.1) is 6.92 Å². The van der Waals surface area contributed by atoms with Crippen molar-refractivity contribution in [2.45, 2.75) is 52.0 Å². The van der Waals surface area contributed by atoms with Gasteiger partial charge in [-0.2, -0.15) is 0 Å². The zero-order chi connectivity index (χ0) is 26.4. The van der Waals surface area contributed by atoms with Crippen LogP contribution in [-0.2, 0) is 19.6 Å². The predicted molar refractivity (Wildman–Crippen MR) is 143 cm³/mol. The highest BCUT2D eigenvalue weighted by atomic mass is 16.3. The van der Waals surface area contributed by atoms with Gasteiger partial charge in [-0.15, -0.1) is 0 Å². The second-order valence-electron chi connectivity index (χ2n) is 9.33. The zero-order valence-electron chi connectivity index (χ0n) is 21.2. The van der Waals surface area contributed by atoms with Crippen LogP contribution in [0.25, 0.3) is 10.9 Å². The molecule has 0 saturated carbocycles. The number of hydrogen-bond acceptors (Lipinski definition) is 6. The van der Waals surface area contributed by atoms with Gasteiger partial charge in [-0.1, -0.05) is 25.1 Å². The number of nitrogens with zero attached hydrogens (tertiary/aromatic N) is 1. The Bertz CT molecular complexity index is 1370. The van der Waals surface area contributed by atoms with Crippen molar-refractivity contribution < 1.29 is 20.1 Å². The van der Waals surface area contributed by atoms with Crippen LogP contribution < -0.4 is 10.6 Å². The lowest BCUT2D eigenvalue weighted by atomic mass is 10.0. The molecule has 4 rings (SSSR count). The summed E-state index contributed by atoms with van der Waals surface area (Å²) >= 11 is 0. The van der Waals surface area contributed by atoms with Crippen LogP contribution in [0.2, 0.25) is 0 Å². The molecule has 0 aliphatic carbocycles. The highest BCUT2D eigenvalue weighted by Crippen LogP contribution is 2.23. The van der Waals surface area contributed by atoms with Gasteiger partial charge in [0.05, 0.1) is 24.9 Å². The summed E-state index contributed by atoms with van der Waals surface area (Å²) in [7, 11) is 0. The molecule has 2 atom stereocenters. The number of aromatic amines is 1. The van der Waals surface area contributed by atoms with Crippen molar-refractivity contribution in [1.29, 1.82) is 0 Å². The first-order valence-corrected chi connectivity index (χ1v) is 12.5. The number of aromatic hydroxyl groups is 1. The molecule has 0 unspecified atom stereocenters. The van der Waals surface area contributed by atoms with Gasteiger partial charge in [0.1, 0.15) is 11.4 Å². The summed E-state index contributed by atoms with van der Waals surface area (Å²) in [6.07, 6.45) is 2.60. The maximum absolute atomic E-state index is 12.7. The Morgan fingerprint density at radius 2 is 1.97 bits per heavy atom. The van der Waals surface area contributed by atoms with Gasteiger partial charge in [0.15, 0.2) is 0 Å². The monoisotopic (exact) mass is 502 g/mol. The van der Waals surface area contributed by atoms with E-state index in [9.17, 15) is 20.1 Å². The van der Waals surface area contributed by atoms with E-state index in [1.165, 1.54) is 6.07 Å². The van der Waals surface area contributed by atoms with Crippen molar-refractivity contribution in [3.05, 3.63) is 94.4 Å². The normalized spacial score (nSPS) is 13.0. The van der Waals surface area contributed by atoms with Gasteiger partial charge >= 0.3 is 0 Å². The molecule has 0 spiro atoms. The molecule has 2 aromatic heterocycles. The third kappa shape index (κ3) is 6.54. The largest absolute Gasteiger partial charge is 0.508 e. The topological polar surface area (TPSA) is 130 Å². The van der Waals surface area contributed by atoms with Crippen molar-refractivity contribution in [3.8, 4) is 5.75 Å². The number of carbonyl (C=O) groups is 1. The summed E-state index contributed by atoms with van der Waals surface area (Å²) < 4.78 is 0. The summed E-state index contributed by atoms with van der Waals surface area (Å²) in [6.45, 7) is 4.49. The molecule has 0 aliphatic rings. The average Bonchev–Trinajstić information content (AvgIpc) is 3.34. The van der Waals surface area contributed by atoms with E-state index in [1.54, 1.807) is 18.3 Å². The molecule has 0 fully saturated rings. The van der Waals surface area contributed by atoms with Crippen molar-refractivity contribution >= 4 is 16.8 Å². The predicted octanol–water partition coefficient (Wildman–Crippen LogP) is 3.64. The van der Waals surface area contributed by atoms with Gasteiger partial charge in [0, 0.05) is 35.2 Å². The number of benzene rings is 2. The van der Waals surface area contributed by atoms with Gasteiger partial charge in [-0.05, 0) is 72.9 Å². The van der Waals surface area contributed by atoms with E-state index >= 15 is 0 Å². The molecule has 2 heterocycles. The maximum Gasteiger partial charge on any atom is 0.268 e. The van der Waals surface area contributed by atoms with Crippen LogP contribution in [0.4, 0.5) is 0 Å². The lowest BCUT2D eigenvalue weighted by Crippen LogP contribution is -2.34. The van der Waals surface area contributed by atoms with E-state index in [0.29, 0.717) is 29.9 Å². The van der Waals surface area contributed by atoms with Crippen LogP contribution in [-0.4, -0.2) is 43.8 Å². The van der Waals surface area contributed by atoms with E-state index in [1.807, 2.05) is 37.3 Å². The summed E-state index contributed by atoms with van der Waals surface area (Å²) in [6, 6.07) is 16.7. The van der Waals surface area contributed by atoms with Crippen molar-refractivity contribution in [3.63, 3.8) is 0 Å². The molecule has 37 heavy (non-hydrogen) atoms. The highest BCUT2D eigenvalue weighted by Gasteiger charge is 2.15. The SMILES string of the molecule is CC[C@H](Cc1ccc2[nH]c(C(=O)NCc3ncccc3C)cc2c1)NC[C@H](O)c1ccc(O)c(CO)c1. The van der Waals surface area contributed by atoms with E-state index in [0.717, 1.165) is 40.6 Å². The minimum absolute atomic E-state index is 0.0157. The second-order valence-corrected chi connectivity index (χ2v) is 9.33. The number of carbonyl (C=O) groups excluding carboxylic acids is 1. The number of aryl methyl sites for hydroxylation is 1. The fourth-order valence-corrected chi connectivity index (χ4v) is 4.37. The Morgan fingerprint density at radius 1 is 1.14 bits per heavy atom.